The van der Waals surface area contributed by atoms with Gasteiger partial charge in [0.2, 0.25) is 5.91 Å². The lowest BCUT2D eigenvalue weighted by atomic mass is 10.2. The van der Waals surface area contributed by atoms with Gasteiger partial charge in [-0.15, -0.1) is 0 Å². The van der Waals surface area contributed by atoms with Gasteiger partial charge in [0, 0.05) is 44.0 Å². The summed E-state index contributed by atoms with van der Waals surface area (Å²) in [6.45, 7) is 3.17. The normalized spacial score (nSPS) is 10.5. The fraction of sp³-hybridized carbons (Fsp3) is 0.333. The highest BCUT2D eigenvalue weighted by molar-refractivity contribution is 5.90. The van der Waals surface area contributed by atoms with Crippen LogP contribution in [0.25, 0.3) is 0 Å². The average Bonchev–Trinajstić information content (AvgIpc) is 2.93. The second-order valence-corrected chi connectivity index (χ2v) is 4.59. The molecule has 5 nitrogen and oxygen atoms in total. The molecule has 0 atom stereocenters. The topological polar surface area (TPSA) is 72.9 Å². The van der Waals surface area contributed by atoms with Crippen molar-refractivity contribution in [2.75, 3.05) is 5.32 Å². The number of nitrogens with two attached hydrogens (primary N) is 1. The maximum absolute atomic E-state index is 11.9. The molecule has 3 N–H and O–H groups in total. The Morgan fingerprint density at radius 1 is 1.45 bits per heavy atom. The molecule has 1 aromatic heterocycles. The molecule has 0 unspecified atom stereocenters. The lowest BCUT2D eigenvalue weighted by Gasteiger charge is -2.08. The quantitative estimate of drug-likeness (QED) is 0.844. The number of imidazole rings is 1. The zero-order valence-corrected chi connectivity index (χ0v) is 11.7. The van der Waals surface area contributed by atoms with E-state index in [9.17, 15) is 4.79 Å². The zero-order valence-electron chi connectivity index (χ0n) is 11.7. The number of hydrogen-bond donors (Lipinski definition) is 2. The van der Waals surface area contributed by atoms with Gasteiger partial charge in [-0.05, 0) is 17.7 Å². The van der Waals surface area contributed by atoms with Crippen LogP contribution in [-0.2, 0) is 24.3 Å². The van der Waals surface area contributed by atoms with Gasteiger partial charge in [-0.25, -0.2) is 4.98 Å². The number of carbonyl (C=O) groups excluding carboxylic acids is 1. The third-order valence-corrected chi connectivity index (χ3v) is 3.14. The maximum atomic E-state index is 11.9. The molecule has 0 aliphatic heterocycles. The van der Waals surface area contributed by atoms with E-state index in [1.807, 2.05) is 35.0 Å². The first-order chi connectivity index (χ1) is 9.72. The van der Waals surface area contributed by atoms with Gasteiger partial charge >= 0.3 is 0 Å². The Bertz CT molecular complexity index is 577. The predicted octanol–water partition coefficient (Wildman–Crippen LogP) is 1.93. The van der Waals surface area contributed by atoms with E-state index in [2.05, 4.69) is 17.2 Å². The molecule has 1 heterocycles. The number of aryl methyl sites for hydroxylation is 2. The van der Waals surface area contributed by atoms with E-state index in [0.717, 1.165) is 23.5 Å². The van der Waals surface area contributed by atoms with Crippen molar-refractivity contribution < 1.29 is 4.79 Å². The summed E-state index contributed by atoms with van der Waals surface area (Å²) in [5.41, 5.74) is 7.38. The van der Waals surface area contributed by atoms with Crippen LogP contribution >= 0.6 is 0 Å². The minimum absolute atomic E-state index is 0.00470. The first kappa shape index (κ1) is 14.3. The highest BCUT2D eigenvalue weighted by Gasteiger charge is 2.05. The Labute approximate surface area is 118 Å². The van der Waals surface area contributed by atoms with Crippen LogP contribution < -0.4 is 11.1 Å². The number of aromatic nitrogens is 2. The van der Waals surface area contributed by atoms with Crippen LogP contribution in [0.3, 0.4) is 0 Å². The SMILES string of the molecule is CCc1nccn1CCC(=O)Nc1cccc(CN)c1. The smallest absolute Gasteiger partial charge is 0.226 e. The highest BCUT2D eigenvalue weighted by Crippen LogP contribution is 2.10. The van der Waals surface area contributed by atoms with Gasteiger partial charge in [-0.3, -0.25) is 4.79 Å². The van der Waals surface area contributed by atoms with E-state index in [4.69, 9.17) is 5.73 Å². The largest absolute Gasteiger partial charge is 0.334 e. The van der Waals surface area contributed by atoms with Crippen LogP contribution in [0.5, 0.6) is 0 Å². The second kappa shape index (κ2) is 6.86. The lowest BCUT2D eigenvalue weighted by Crippen LogP contribution is -2.15. The van der Waals surface area contributed by atoms with Gasteiger partial charge in [-0.2, -0.15) is 0 Å². The molecule has 0 saturated carbocycles. The number of rotatable bonds is 6. The van der Waals surface area contributed by atoms with Crippen molar-refractivity contribution in [3.05, 3.63) is 48.0 Å². The molecule has 0 saturated heterocycles. The van der Waals surface area contributed by atoms with Gasteiger partial charge in [0.15, 0.2) is 0 Å². The molecule has 2 aromatic rings. The van der Waals surface area contributed by atoms with Crippen molar-refractivity contribution in [3.63, 3.8) is 0 Å². The standard InChI is InChI=1S/C15H20N4O/c1-2-14-17-7-9-19(14)8-6-15(20)18-13-5-3-4-12(10-13)11-16/h3-5,7,9-10H,2,6,8,11,16H2,1H3,(H,18,20). The minimum Gasteiger partial charge on any atom is -0.334 e. The molecular weight excluding hydrogens is 252 g/mol. The molecule has 0 bridgehead atoms. The van der Waals surface area contributed by atoms with Gasteiger partial charge < -0.3 is 15.6 Å². The molecule has 0 aliphatic carbocycles. The molecular formula is C15H20N4O. The molecule has 2 rings (SSSR count). The van der Waals surface area contributed by atoms with Crippen molar-refractivity contribution in [1.29, 1.82) is 0 Å². The van der Waals surface area contributed by atoms with Crippen molar-refractivity contribution >= 4 is 11.6 Å². The van der Waals surface area contributed by atoms with Crippen LogP contribution in [0.4, 0.5) is 5.69 Å². The lowest BCUT2D eigenvalue weighted by molar-refractivity contribution is -0.116. The van der Waals surface area contributed by atoms with E-state index in [1.54, 1.807) is 6.20 Å². The summed E-state index contributed by atoms with van der Waals surface area (Å²) in [5.74, 6) is 0.998. The van der Waals surface area contributed by atoms with E-state index < -0.39 is 0 Å². The summed E-state index contributed by atoms with van der Waals surface area (Å²) in [7, 11) is 0. The number of nitrogens with one attached hydrogen (secondary N) is 1. The molecule has 0 radical (unpaired) electrons. The number of benzene rings is 1. The fourth-order valence-electron chi connectivity index (χ4n) is 2.08. The average molecular weight is 272 g/mol. The molecule has 5 heteroatoms. The molecule has 1 amide bonds. The minimum atomic E-state index is -0.00470. The molecule has 106 valence electrons. The molecule has 0 fully saturated rings. The Balaban J connectivity index is 1.89. The van der Waals surface area contributed by atoms with Crippen molar-refractivity contribution in [2.24, 2.45) is 5.73 Å². The summed E-state index contributed by atoms with van der Waals surface area (Å²) in [4.78, 5) is 16.2. The summed E-state index contributed by atoms with van der Waals surface area (Å²) in [6.07, 6.45) is 4.96. The summed E-state index contributed by atoms with van der Waals surface area (Å²) in [5, 5.41) is 2.89. The Kier molecular flexibility index (Phi) is 4.90. The zero-order chi connectivity index (χ0) is 14.4. The van der Waals surface area contributed by atoms with Gasteiger partial charge in [0.05, 0.1) is 0 Å². The van der Waals surface area contributed by atoms with Gasteiger partial charge in [-0.1, -0.05) is 19.1 Å². The molecule has 1 aromatic carbocycles. The Hall–Kier alpha value is -2.14. The van der Waals surface area contributed by atoms with Gasteiger partial charge in [0.1, 0.15) is 5.82 Å². The Morgan fingerprint density at radius 2 is 2.30 bits per heavy atom. The van der Waals surface area contributed by atoms with Crippen molar-refractivity contribution in [2.45, 2.75) is 32.9 Å². The van der Waals surface area contributed by atoms with Crippen LogP contribution in [0.15, 0.2) is 36.7 Å². The third kappa shape index (κ3) is 3.68. The monoisotopic (exact) mass is 272 g/mol. The van der Waals surface area contributed by atoms with Gasteiger partial charge in [0.25, 0.3) is 0 Å². The molecule has 0 spiro atoms. The van der Waals surface area contributed by atoms with Crippen molar-refractivity contribution in [3.8, 4) is 0 Å². The Morgan fingerprint density at radius 3 is 3.05 bits per heavy atom. The number of nitrogens with zero attached hydrogens (tertiary/aromatic N) is 2. The van der Waals surface area contributed by atoms with Crippen LogP contribution in [0.1, 0.15) is 24.7 Å². The van der Waals surface area contributed by atoms with Crippen LogP contribution in [-0.4, -0.2) is 15.5 Å². The number of carbonyl (C=O) groups is 1. The van der Waals surface area contributed by atoms with E-state index >= 15 is 0 Å². The predicted molar refractivity (Wildman–Crippen MR) is 79.2 cm³/mol. The van der Waals surface area contributed by atoms with E-state index in [0.29, 0.717) is 19.5 Å². The van der Waals surface area contributed by atoms with E-state index in [1.165, 1.54) is 0 Å². The van der Waals surface area contributed by atoms with Crippen molar-refractivity contribution in [1.82, 2.24) is 9.55 Å². The number of anilines is 1. The summed E-state index contributed by atoms with van der Waals surface area (Å²) >= 11 is 0. The molecule has 20 heavy (non-hydrogen) atoms. The van der Waals surface area contributed by atoms with Crippen LogP contribution in [0.2, 0.25) is 0 Å². The number of amides is 1. The number of hydrogen-bond acceptors (Lipinski definition) is 3. The first-order valence-corrected chi connectivity index (χ1v) is 6.81. The highest BCUT2D eigenvalue weighted by atomic mass is 16.1. The second-order valence-electron chi connectivity index (χ2n) is 4.59. The fourth-order valence-corrected chi connectivity index (χ4v) is 2.08. The van der Waals surface area contributed by atoms with Crippen LogP contribution in [0, 0.1) is 0 Å². The van der Waals surface area contributed by atoms with E-state index in [-0.39, 0.29) is 5.91 Å². The summed E-state index contributed by atoms with van der Waals surface area (Å²) < 4.78 is 2.01. The maximum Gasteiger partial charge on any atom is 0.226 e. The first-order valence-electron chi connectivity index (χ1n) is 6.81. The summed E-state index contributed by atoms with van der Waals surface area (Å²) in [6, 6.07) is 7.59. The third-order valence-electron chi connectivity index (χ3n) is 3.14. The molecule has 0 aliphatic rings.